The maximum absolute atomic E-state index is 12.9. The van der Waals surface area contributed by atoms with Crippen molar-refractivity contribution in [2.24, 2.45) is 0 Å². The Kier molecular flexibility index (Phi) is 13.2. The van der Waals surface area contributed by atoms with Gasteiger partial charge in [0.15, 0.2) is 23.2 Å². The average Bonchev–Trinajstić information content (AvgIpc) is 3.98. The number of nitrogens with two attached hydrogens (primary N) is 1. The summed E-state index contributed by atoms with van der Waals surface area (Å²) in [5.74, 6) is 0.848. The number of imidazole rings is 1. The first-order valence-corrected chi connectivity index (χ1v) is 19.5. The number of aliphatic hydroxyl groups excluding tert-OH is 1. The molecule has 12 nitrogen and oxygen atoms in total. The molecule has 9 rings (SSSR count). The number of nitrogen functional groups attached to an aromatic ring is 1. The molecule has 0 bridgehead atoms. The van der Waals surface area contributed by atoms with Crippen LogP contribution in [0, 0.1) is 3.57 Å². The summed E-state index contributed by atoms with van der Waals surface area (Å²) in [6.45, 7) is -0.159. The summed E-state index contributed by atoms with van der Waals surface area (Å²) in [5, 5.41) is 27.7. The van der Waals surface area contributed by atoms with Crippen molar-refractivity contribution in [3.8, 4) is 45.5 Å². The summed E-state index contributed by atoms with van der Waals surface area (Å²) in [5.41, 5.74) is 7.91. The molecule has 62 heavy (non-hydrogen) atoms. The number of benzene rings is 5. The van der Waals surface area contributed by atoms with Gasteiger partial charge in [0, 0.05) is 3.57 Å². The Morgan fingerprint density at radius 2 is 1.27 bits per heavy atom. The van der Waals surface area contributed by atoms with Gasteiger partial charge in [-0.05, 0) is 112 Å². The molecule has 4 heterocycles. The highest BCUT2D eigenvalue weighted by Gasteiger charge is 2.50. The van der Waals surface area contributed by atoms with E-state index in [1.54, 1.807) is 53.1 Å². The molecule has 2 fully saturated rings. The highest BCUT2D eigenvalue weighted by Crippen LogP contribution is 2.39. The SMILES string of the molecule is Nc1nc(Oc2cccc(-c3ccc(C(F)(F)F)cc3)c2)nc2c1ncn2[C@@H]1O[C@H](CO)[C@H]2OCO[C@H]21.Oc1cccc(-c2ccc(C(F)(F)F)cc2)c1.Oc1cccc(I)c1. The smallest absolute Gasteiger partial charge is 0.416 e. The van der Waals surface area contributed by atoms with E-state index in [-0.39, 0.29) is 31.0 Å². The summed E-state index contributed by atoms with van der Waals surface area (Å²) in [6, 6.07) is 29.9. The molecule has 4 atom stereocenters. The first-order chi connectivity index (χ1) is 29.6. The highest BCUT2D eigenvalue weighted by atomic mass is 127. The molecule has 0 amide bonds. The van der Waals surface area contributed by atoms with Crippen LogP contribution in [-0.4, -0.2) is 66.6 Å². The number of aromatic nitrogens is 4. The number of hydrogen-bond acceptors (Lipinski definition) is 11. The van der Waals surface area contributed by atoms with Crippen LogP contribution in [0.5, 0.6) is 23.3 Å². The zero-order valence-electron chi connectivity index (χ0n) is 31.8. The Bertz CT molecular complexity index is 2610. The molecular formula is C43H34F6IN5O7. The Labute approximate surface area is 362 Å². The number of aromatic hydroxyl groups is 2. The topological polar surface area (TPSA) is 167 Å². The second kappa shape index (κ2) is 18.5. The van der Waals surface area contributed by atoms with E-state index >= 15 is 0 Å². The van der Waals surface area contributed by atoms with Gasteiger partial charge in [-0.15, -0.1) is 0 Å². The van der Waals surface area contributed by atoms with E-state index in [4.69, 9.17) is 29.8 Å². The van der Waals surface area contributed by atoms with Crippen molar-refractivity contribution >= 4 is 39.6 Å². The van der Waals surface area contributed by atoms with Crippen molar-refractivity contribution in [1.82, 2.24) is 19.5 Å². The Balaban J connectivity index is 0.000000189. The molecular weight excluding hydrogens is 939 g/mol. The van der Waals surface area contributed by atoms with Crippen molar-refractivity contribution in [1.29, 1.82) is 0 Å². The van der Waals surface area contributed by atoms with E-state index in [9.17, 15) is 36.6 Å². The molecule has 0 aliphatic carbocycles. The minimum Gasteiger partial charge on any atom is -0.508 e. The Morgan fingerprint density at radius 1 is 0.710 bits per heavy atom. The summed E-state index contributed by atoms with van der Waals surface area (Å²) in [4.78, 5) is 12.9. The molecule has 0 radical (unpaired) electrons. The number of fused-ring (bicyclic) bond motifs is 2. The minimum atomic E-state index is -4.41. The lowest BCUT2D eigenvalue weighted by atomic mass is 10.0. The van der Waals surface area contributed by atoms with Crippen molar-refractivity contribution < 1.29 is 60.6 Å². The van der Waals surface area contributed by atoms with E-state index in [1.807, 2.05) is 12.1 Å². The number of halogens is 7. The van der Waals surface area contributed by atoms with Gasteiger partial charge in [0.05, 0.1) is 24.1 Å². The molecule has 0 unspecified atom stereocenters. The standard InChI is InChI=1S/C24H20F3N5O5.C13H9F3O.C6H5IO/c25-24(26,27)14-6-4-12(5-7-14)13-2-1-3-15(8-13)36-23-30-20(28)17-21(31-23)32(10-29-17)22-19-18(34-11-35-19)16(9-33)37-22;14-13(15,16)11-6-4-9(5-7-11)10-2-1-3-12(17)8-10;7-5-2-1-3-6(8)4-5/h1-8,10,16,18-19,22,33H,9,11H2,(H2,28,30,31);1-8,17H;1-4,8H/t16-,18-,19-,22-;;/m1../s1. The average molecular weight is 974 g/mol. The largest absolute Gasteiger partial charge is 0.508 e. The van der Waals surface area contributed by atoms with Crippen molar-refractivity contribution in [3.05, 3.63) is 142 Å². The number of rotatable bonds is 6. The molecule has 2 aliphatic rings. The van der Waals surface area contributed by atoms with E-state index in [2.05, 4.69) is 37.5 Å². The fourth-order valence-electron chi connectivity index (χ4n) is 6.51. The number of anilines is 1. The van der Waals surface area contributed by atoms with Gasteiger partial charge < -0.3 is 40.0 Å². The summed E-state index contributed by atoms with van der Waals surface area (Å²) < 4.78 is 101. The maximum atomic E-state index is 12.9. The van der Waals surface area contributed by atoms with E-state index in [0.29, 0.717) is 44.9 Å². The van der Waals surface area contributed by atoms with E-state index in [0.717, 1.165) is 27.8 Å². The van der Waals surface area contributed by atoms with Crippen molar-refractivity contribution in [2.45, 2.75) is 36.9 Å². The molecule has 2 aromatic heterocycles. The fourth-order valence-corrected chi connectivity index (χ4v) is 7.04. The van der Waals surface area contributed by atoms with Crippen LogP contribution in [0.2, 0.25) is 0 Å². The van der Waals surface area contributed by atoms with Crippen molar-refractivity contribution in [3.63, 3.8) is 0 Å². The molecule has 19 heteroatoms. The first kappa shape index (κ1) is 44.1. The Morgan fingerprint density at radius 3 is 1.82 bits per heavy atom. The molecule has 2 aliphatic heterocycles. The number of hydrogen-bond donors (Lipinski definition) is 4. The number of ether oxygens (including phenoxy) is 4. The van der Waals surface area contributed by atoms with Crippen LogP contribution in [0.3, 0.4) is 0 Å². The summed E-state index contributed by atoms with van der Waals surface area (Å²) in [7, 11) is 0. The zero-order valence-corrected chi connectivity index (χ0v) is 34.0. The lowest BCUT2D eigenvalue weighted by Gasteiger charge is -2.18. The first-order valence-electron chi connectivity index (χ1n) is 18.4. The lowest BCUT2D eigenvalue weighted by molar-refractivity contribution is -0.138. The molecule has 322 valence electrons. The fraction of sp³-hybridized carbons (Fsp3) is 0.186. The minimum absolute atomic E-state index is 0.0619. The van der Waals surface area contributed by atoms with Gasteiger partial charge in [-0.3, -0.25) is 4.57 Å². The van der Waals surface area contributed by atoms with Crippen LogP contribution >= 0.6 is 22.6 Å². The van der Waals surface area contributed by atoms with Gasteiger partial charge in [0.1, 0.15) is 42.4 Å². The number of phenolic OH excluding ortho intramolecular Hbond substituents is 2. The molecule has 5 aromatic carbocycles. The third kappa shape index (κ3) is 10.4. The van der Waals surface area contributed by atoms with Crippen LogP contribution in [0.4, 0.5) is 32.2 Å². The van der Waals surface area contributed by atoms with Gasteiger partial charge in [-0.2, -0.15) is 36.3 Å². The van der Waals surface area contributed by atoms with Crippen LogP contribution < -0.4 is 10.5 Å². The highest BCUT2D eigenvalue weighted by molar-refractivity contribution is 14.1. The van der Waals surface area contributed by atoms with Crippen LogP contribution in [-0.2, 0) is 26.6 Å². The van der Waals surface area contributed by atoms with Crippen LogP contribution in [0.1, 0.15) is 17.4 Å². The third-order valence-electron chi connectivity index (χ3n) is 9.48. The predicted molar refractivity (Wildman–Crippen MR) is 222 cm³/mol. The van der Waals surface area contributed by atoms with Gasteiger partial charge in [0.25, 0.3) is 0 Å². The summed E-state index contributed by atoms with van der Waals surface area (Å²) in [6.07, 6.45) is -9.39. The second-order valence-electron chi connectivity index (χ2n) is 13.7. The van der Waals surface area contributed by atoms with Crippen LogP contribution in [0.25, 0.3) is 33.4 Å². The molecule has 2 saturated heterocycles. The van der Waals surface area contributed by atoms with E-state index in [1.165, 1.54) is 42.7 Å². The number of nitrogens with zero attached hydrogens (tertiary/aromatic N) is 4. The van der Waals surface area contributed by atoms with Gasteiger partial charge >= 0.3 is 18.4 Å². The quantitative estimate of drug-likeness (QED) is 0.0926. The number of alkyl halides is 6. The lowest BCUT2D eigenvalue weighted by Crippen LogP contribution is -2.30. The summed E-state index contributed by atoms with van der Waals surface area (Å²) >= 11 is 2.15. The monoisotopic (exact) mass is 973 g/mol. The number of phenols is 2. The third-order valence-corrected chi connectivity index (χ3v) is 10.1. The molecule has 5 N–H and O–H groups in total. The molecule has 0 spiro atoms. The Hall–Kier alpha value is -6.00. The predicted octanol–water partition coefficient (Wildman–Crippen LogP) is 9.59. The van der Waals surface area contributed by atoms with Crippen LogP contribution in [0.15, 0.2) is 128 Å². The van der Waals surface area contributed by atoms with Gasteiger partial charge in [-0.25, -0.2) is 4.98 Å². The van der Waals surface area contributed by atoms with Crippen molar-refractivity contribution in [2.75, 3.05) is 19.1 Å². The number of aliphatic hydroxyl groups is 1. The normalized spacial score (nSPS) is 18.3. The van der Waals surface area contributed by atoms with Gasteiger partial charge in [-0.1, -0.05) is 54.6 Å². The molecule has 7 aromatic rings. The second-order valence-corrected chi connectivity index (χ2v) is 14.9. The maximum Gasteiger partial charge on any atom is 0.416 e. The zero-order chi connectivity index (χ0) is 44.2. The molecule has 0 saturated carbocycles. The van der Waals surface area contributed by atoms with Gasteiger partial charge in [0.2, 0.25) is 0 Å². The van der Waals surface area contributed by atoms with E-state index < -0.39 is 48.0 Å².